The van der Waals surface area contributed by atoms with Gasteiger partial charge in [-0.05, 0) is 104 Å². The third-order valence-corrected chi connectivity index (χ3v) is 12.6. The predicted octanol–water partition coefficient (Wildman–Crippen LogP) is 15.6. The summed E-state index contributed by atoms with van der Waals surface area (Å²) in [7, 11) is 0. The van der Waals surface area contributed by atoms with E-state index in [1.165, 1.54) is 60.4 Å². The molecular formula is C60H41N3. The first-order valence-electron chi connectivity index (χ1n) is 21.7. The molecule has 1 unspecified atom stereocenters. The minimum absolute atomic E-state index is 0.0226. The van der Waals surface area contributed by atoms with Gasteiger partial charge in [0.15, 0.2) is 0 Å². The van der Waals surface area contributed by atoms with Crippen LogP contribution in [0.1, 0.15) is 22.7 Å². The Hall–Kier alpha value is -8.27. The van der Waals surface area contributed by atoms with E-state index < -0.39 is 0 Å². The van der Waals surface area contributed by atoms with E-state index in [0.29, 0.717) is 0 Å². The quantitative estimate of drug-likeness (QED) is 0.174. The van der Waals surface area contributed by atoms with Crippen molar-refractivity contribution in [3.05, 3.63) is 253 Å². The van der Waals surface area contributed by atoms with Gasteiger partial charge >= 0.3 is 0 Å². The number of nitrogens with zero attached hydrogens (tertiary/aromatic N) is 2. The second kappa shape index (κ2) is 15.3. The van der Waals surface area contributed by atoms with Crippen LogP contribution < -0.4 is 5.32 Å². The second-order valence-corrected chi connectivity index (χ2v) is 16.4. The third-order valence-electron chi connectivity index (χ3n) is 12.6. The summed E-state index contributed by atoms with van der Waals surface area (Å²) in [5.41, 5.74) is 18.1. The molecule has 3 heterocycles. The van der Waals surface area contributed by atoms with Gasteiger partial charge in [-0.15, -0.1) is 0 Å². The molecular weight excluding hydrogens is 763 g/mol. The van der Waals surface area contributed by atoms with E-state index in [9.17, 15) is 0 Å². The zero-order chi connectivity index (χ0) is 41.7. The number of nitrogens with one attached hydrogen (secondary N) is 1. The first kappa shape index (κ1) is 36.6. The van der Waals surface area contributed by atoms with Crippen LogP contribution in [0.2, 0.25) is 0 Å². The summed E-state index contributed by atoms with van der Waals surface area (Å²) in [6.07, 6.45) is 2.39. The fraction of sp³-hybridized carbons (Fsp3) is 0.0167. The van der Waals surface area contributed by atoms with Crippen LogP contribution in [0.25, 0.3) is 88.6 Å². The summed E-state index contributed by atoms with van der Waals surface area (Å²) in [6.45, 7) is 0. The van der Waals surface area contributed by atoms with Gasteiger partial charge in [0.25, 0.3) is 0 Å². The molecule has 63 heavy (non-hydrogen) atoms. The molecule has 2 aromatic heterocycles. The maximum atomic E-state index is 5.36. The van der Waals surface area contributed by atoms with E-state index in [1.807, 2.05) is 0 Å². The van der Waals surface area contributed by atoms with Gasteiger partial charge in [-0.25, -0.2) is 4.98 Å². The Balaban J connectivity index is 1.01. The highest BCUT2D eigenvalue weighted by Crippen LogP contribution is 2.46. The lowest BCUT2D eigenvalue weighted by atomic mass is 9.83. The minimum Gasteiger partial charge on any atom is -0.374 e. The molecule has 1 N–H and O–H groups in total. The average molecular weight is 804 g/mol. The first-order valence-corrected chi connectivity index (χ1v) is 21.7. The molecule has 0 bridgehead atoms. The Labute approximate surface area is 366 Å². The predicted molar refractivity (Wildman–Crippen MR) is 264 cm³/mol. The van der Waals surface area contributed by atoms with Gasteiger partial charge in [0, 0.05) is 38.8 Å². The number of aromatic nitrogens is 2. The van der Waals surface area contributed by atoms with Crippen molar-refractivity contribution in [2.75, 3.05) is 5.32 Å². The maximum absolute atomic E-state index is 5.36. The Morgan fingerprint density at radius 1 is 0.381 bits per heavy atom. The summed E-state index contributed by atoms with van der Waals surface area (Å²) in [5, 5.41) is 8.90. The van der Waals surface area contributed by atoms with E-state index in [-0.39, 0.29) is 6.04 Å². The van der Waals surface area contributed by atoms with Crippen molar-refractivity contribution in [1.29, 1.82) is 0 Å². The van der Waals surface area contributed by atoms with E-state index in [1.54, 1.807) is 0 Å². The molecule has 0 saturated heterocycles. The van der Waals surface area contributed by atoms with Gasteiger partial charge in [0.05, 0.1) is 28.5 Å². The van der Waals surface area contributed by atoms with Crippen LogP contribution in [-0.2, 0) is 0 Å². The molecule has 0 amide bonds. The van der Waals surface area contributed by atoms with Gasteiger partial charge in [-0.3, -0.25) is 0 Å². The van der Waals surface area contributed by atoms with Gasteiger partial charge in [0.1, 0.15) is 0 Å². The molecule has 1 atom stereocenters. The summed E-state index contributed by atoms with van der Waals surface area (Å²) in [6, 6.07) is 83.0. The molecule has 0 radical (unpaired) electrons. The molecule has 9 aromatic carbocycles. The fourth-order valence-corrected chi connectivity index (χ4v) is 9.65. The second-order valence-electron chi connectivity index (χ2n) is 16.4. The Bertz CT molecular complexity index is 3480. The third kappa shape index (κ3) is 6.50. The highest BCUT2D eigenvalue weighted by atomic mass is 15.0. The Morgan fingerprint density at radius 3 is 1.63 bits per heavy atom. The fourth-order valence-electron chi connectivity index (χ4n) is 9.65. The standard InChI is InChI=1S/C60H41N3/c1-4-18-40(19-5-1)53-39-56(42-22-8-3-9-23-42)62-57-38-52(48-28-10-11-31-51(48)60(53)57)44-25-16-24-43(34-44)46-36-54(41-20-6-2-7-21-41)61-55(37-46)45-26-17-27-47(35-45)63-58-32-14-12-29-49(58)50-30-13-15-33-59(50)63/h1-39,56,62H. The number of benzene rings is 9. The molecule has 1 aliphatic rings. The highest BCUT2D eigenvalue weighted by Gasteiger charge is 2.25. The number of para-hydroxylation sites is 2. The molecule has 11 aromatic rings. The molecule has 0 saturated carbocycles. The van der Waals surface area contributed by atoms with Crippen molar-refractivity contribution in [3.63, 3.8) is 0 Å². The first-order chi connectivity index (χ1) is 31.2. The summed E-state index contributed by atoms with van der Waals surface area (Å²) in [4.78, 5) is 5.36. The number of pyridine rings is 1. The molecule has 3 heteroatoms. The van der Waals surface area contributed by atoms with E-state index >= 15 is 0 Å². The van der Waals surface area contributed by atoms with Crippen molar-refractivity contribution in [2.45, 2.75) is 6.04 Å². The number of hydrogen-bond donors (Lipinski definition) is 1. The maximum Gasteiger partial charge on any atom is 0.0716 e. The summed E-state index contributed by atoms with van der Waals surface area (Å²) in [5.74, 6) is 0. The van der Waals surface area contributed by atoms with Gasteiger partial charge < -0.3 is 9.88 Å². The SMILES string of the molecule is C1=C(c2ccccc2)c2c(cc(-c3cccc(-c4cc(-c5ccccc5)nc(-c5cccc(-n6c7ccccc7c7ccccc76)c5)c4)c3)c3ccccc23)NC1c1ccccc1. The van der Waals surface area contributed by atoms with Crippen LogP contribution in [-0.4, -0.2) is 9.55 Å². The van der Waals surface area contributed by atoms with Crippen molar-refractivity contribution >= 4 is 43.8 Å². The number of hydrogen-bond acceptors (Lipinski definition) is 2. The van der Waals surface area contributed by atoms with E-state index in [0.717, 1.165) is 50.6 Å². The van der Waals surface area contributed by atoms with Crippen molar-refractivity contribution in [2.24, 2.45) is 0 Å². The van der Waals surface area contributed by atoms with Crippen LogP contribution >= 0.6 is 0 Å². The number of anilines is 1. The van der Waals surface area contributed by atoms with Gasteiger partial charge in [-0.2, -0.15) is 0 Å². The monoisotopic (exact) mass is 803 g/mol. The van der Waals surface area contributed by atoms with Gasteiger partial charge in [-0.1, -0.05) is 182 Å². The molecule has 0 fully saturated rings. The molecule has 12 rings (SSSR count). The average Bonchev–Trinajstić information content (AvgIpc) is 3.71. The number of rotatable bonds is 7. The van der Waals surface area contributed by atoms with Crippen molar-refractivity contribution < 1.29 is 0 Å². The van der Waals surface area contributed by atoms with Crippen LogP contribution in [0.4, 0.5) is 5.69 Å². The summed E-state index contributed by atoms with van der Waals surface area (Å²) < 4.78 is 2.37. The van der Waals surface area contributed by atoms with Crippen molar-refractivity contribution in [1.82, 2.24) is 9.55 Å². The van der Waals surface area contributed by atoms with Crippen molar-refractivity contribution in [3.8, 4) is 50.5 Å². The lowest BCUT2D eigenvalue weighted by molar-refractivity contribution is 0.975. The molecule has 0 spiro atoms. The summed E-state index contributed by atoms with van der Waals surface area (Å²) >= 11 is 0. The highest BCUT2D eigenvalue weighted by molar-refractivity contribution is 6.11. The zero-order valence-electron chi connectivity index (χ0n) is 34.5. The van der Waals surface area contributed by atoms with E-state index in [2.05, 4.69) is 246 Å². The normalized spacial score (nSPS) is 13.5. The van der Waals surface area contributed by atoms with Gasteiger partial charge in [0.2, 0.25) is 0 Å². The Kier molecular flexibility index (Phi) is 8.90. The molecule has 0 aliphatic carbocycles. The zero-order valence-corrected chi connectivity index (χ0v) is 34.5. The topological polar surface area (TPSA) is 29.9 Å². The lowest BCUT2D eigenvalue weighted by Crippen LogP contribution is -2.15. The van der Waals surface area contributed by atoms with Crippen LogP contribution in [0.15, 0.2) is 237 Å². The number of fused-ring (bicyclic) bond motifs is 6. The smallest absolute Gasteiger partial charge is 0.0716 e. The molecule has 296 valence electrons. The van der Waals surface area contributed by atoms with E-state index in [4.69, 9.17) is 4.98 Å². The van der Waals surface area contributed by atoms with Crippen LogP contribution in [0.3, 0.4) is 0 Å². The Morgan fingerprint density at radius 2 is 0.921 bits per heavy atom. The minimum atomic E-state index is 0.0226. The van der Waals surface area contributed by atoms with Crippen LogP contribution in [0.5, 0.6) is 0 Å². The largest absolute Gasteiger partial charge is 0.374 e. The van der Waals surface area contributed by atoms with Crippen LogP contribution in [0, 0.1) is 0 Å². The molecule has 1 aliphatic heterocycles. The lowest BCUT2D eigenvalue weighted by Gasteiger charge is -2.29. The molecule has 3 nitrogen and oxygen atoms in total.